The Morgan fingerprint density at radius 3 is 2.07 bits per heavy atom. The van der Waals surface area contributed by atoms with Crippen LogP contribution in [0.25, 0.3) is 0 Å². The first-order chi connectivity index (χ1) is 6.81. The van der Waals surface area contributed by atoms with Gasteiger partial charge in [0.25, 0.3) is 0 Å². The van der Waals surface area contributed by atoms with Crippen LogP contribution in [0.4, 0.5) is 0 Å². The van der Waals surface area contributed by atoms with Gasteiger partial charge in [-0.25, -0.2) is 0 Å². The molecule has 3 heteroatoms. The molecule has 0 radical (unpaired) electrons. The molecular formula is C12H23NO2. The zero-order valence-corrected chi connectivity index (χ0v) is 10.6. The summed E-state index contributed by atoms with van der Waals surface area (Å²) in [5, 5.41) is 0. The fourth-order valence-corrected chi connectivity index (χ4v) is 2.86. The van der Waals surface area contributed by atoms with Gasteiger partial charge >= 0.3 is 0 Å². The van der Waals surface area contributed by atoms with E-state index < -0.39 is 0 Å². The van der Waals surface area contributed by atoms with Crippen LogP contribution in [0.1, 0.15) is 47.0 Å². The summed E-state index contributed by atoms with van der Waals surface area (Å²) in [5.74, 6) is 0.104. The maximum Gasteiger partial charge on any atom is 0.249 e. The molecule has 1 aliphatic rings. The van der Waals surface area contributed by atoms with Gasteiger partial charge in [-0.1, -0.05) is 0 Å². The molecule has 15 heavy (non-hydrogen) atoms. The summed E-state index contributed by atoms with van der Waals surface area (Å²) in [5.41, 5.74) is -0.0886. The van der Waals surface area contributed by atoms with Crippen molar-refractivity contribution < 1.29 is 9.53 Å². The summed E-state index contributed by atoms with van der Waals surface area (Å²) in [4.78, 5) is 14.0. The Bertz CT molecular complexity index is 230. The molecule has 0 atom stereocenters. The minimum absolute atomic E-state index is 0.0443. The van der Waals surface area contributed by atoms with Crippen LogP contribution >= 0.6 is 0 Å². The smallest absolute Gasteiger partial charge is 0.249 e. The molecule has 0 aromatic carbocycles. The second-order valence-corrected chi connectivity index (χ2v) is 5.64. The largest absolute Gasteiger partial charge is 0.375 e. The van der Waals surface area contributed by atoms with E-state index in [1.54, 1.807) is 7.11 Å². The minimum Gasteiger partial charge on any atom is -0.375 e. The molecule has 1 aliphatic heterocycles. The van der Waals surface area contributed by atoms with E-state index in [9.17, 15) is 4.79 Å². The fraction of sp³-hybridized carbons (Fsp3) is 0.917. The van der Waals surface area contributed by atoms with Gasteiger partial charge in [0.1, 0.15) is 6.61 Å². The maximum atomic E-state index is 12.0. The predicted molar refractivity (Wildman–Crippen MR) is 60.7 cm³/mol. The Balaban J connectivity index is 2.91. The molecule has 0 N–H and O–H groups in total. The van der Waals surface area contributed by atoms with Gasteiger partial charge in [-0.05, 0) is 47.0 Å². The first kappa shape index (κ1) is 12.5. The lowest BCUT2D eigenvalue weighted by Crippen LogP contribution is -2.61. The molecule has 0 saturated carbocycles. The second-order valence-electron chi connectivity index (χ2n) is 5.64. The molecule has 3 nitrogen and oxygen atoms in total. The highest BCUT2D eigenvalue weighted by molar-refractivity contribution is 5.79. The second kappa shape index (κ2) is 4.12. The summed E-state index contributed by atoms with van der Waals surface area (Å²) < 4.78 is 4.95. The van der Waals surface area contributed by atoms with Crippen molar-refractivity contribution in [2.45, 2.75) is 58.0 Å². The molecule has 1 heterocycles. The van der Waals surface area contributed by atoms with E-state index in [2.05, 4.69) is 27.7 Å². The molecular weight excluding hydrogens is 190 g/mol. The number of carbonyl (C=O) groups excluding carboxylic acids is 1. The lowest BCUT2D eigenvalue weighted by Gasteiger charge is -2.52. The molecule has 1 rings (SSSR count). The number of hydrogen-bond acceptors (Lipinski definition) is 2. The number of ether oxygens (including phenoxy) is 1. The lowest BCUT2D eigenvalue weighted by atomic mass is 9.80. The predicted octanol–water partition coefficient (Wildman–Crippen LogP) is 2.20. The monoisotopic (exact) mass is 213 g/mol. The minimum atomic E-state index is -0.0443. The summed E-state index contributed by atoms with van der Waals surface area (Å²) >= 11 is 0. The van der Waals surface area contributed by atoms with Crippen LogP contribution < -0.4 is 0 Å². The van der Waals surface area contributed by atoms with Crippen molar-refractivity contribution in [3.8, 4) is 0 Å². The molecule has 0 unspecified atom stereocenters. The standard InChI is InChI=1S/C12H23NO2/c1-11(2)7-6-8-12(3,4)13(11)10(14)9-15-5/h6-9H2,1-5H3. The highest BCUT2D eigenvalue weighted by atomic mass is 16.5. The molecule has 0 aliphatic carbocycles. The quantitative estimate of drug-likeness (QED) is 0.704. The number of nitrogens with zero attached hydrogens (tertiary/aromatic N) is 1. The molecule has 88 valence electrons. The van der Waals surface area contributed by atoms with Gasteiger partial charge in [0, 0.05) is 18.2 Å². The molecule has 0 aromatic rings. The van der Waals surface area contributed by atoms with Crippen LogP contribution in [-0.4, -0.2) is 35.6 Å². The van der Waals surface area contributed by atoms with Crippen molar-refractivity contribution >= 4 is 5.91 Å². The van der Waals surface area contributed by atoms with Crippen molar-refractivity contribution in [3.05, 3.63) is 0 Å². The molecule has 0 spiro atoms. The van der Waals surface area contributed by atoms with Gasteiger partial charge in [0.05, 0.1) is 0 Å². The van der Waals surface area contributed by atoms with Crippen LogP contribution in [0.5, 0.6) is 0 Å². The van der Waals surface area contributed by atoms with Gasteiger partial charge in [-0.15, -0.1) is 0 Å². The molecule has 1 fully saturated rings. The highest BCUT2D eigenvalue weighted by Gasteiger charge is 2.43. The first-order valence-corrected chi connectivity index (χ1v) is 5.63. The molecule has 0 bridgehead atoms. The average Bonchev–Trinajstić information content (AvgIpc) is 2.00. The van der Waals surface area contributed by atoms with E-state index in [0.29, 0.717) is 0 Å². The Labute approximate surface area is 92.8 Å². The zero-order chi connectivity index (χ0) is 11.7. The van der Waals surface area contributed by atoms with Gasteiger partial charge < -0.3 is 9.64 Å². The number of hydrogen-bond donors (Lipinski definition) is 0. The Morgan fingerprint density at radius 2 is 1.67 bits per heavy atom. The maximum absolute atomic E-state index is 12.0. The average molecular weight is 213 g/mol. The molecule has 1 amide bonds. The summed E-state index contributed by atoms with van der Waals surface area (Å²) in [6, 6.07) is 0. The third-order valence-electron chi connectivity index (χ3n) is 3.31. The van der Waals surface area contributed by atoms with Crippen LogP contribution in [-0.2, 0) is 9.53 Å². The summed E-state index contributed by atoms with van der Waals surface area (Å²) in [6.45, 7) is 8.75. The zero-order valence-electron chi connectivity index (χ0n) is 10.6. The van der Waals surface area contributed by atoms with Crippen LogP contribution in [0.15, 0.2) is 0 Å². The van der Waals surface area contributed by atoms with Crippen LogP contribution in [0, 0.1) is 0 Å². The SMILES string of the molecule is COCC(=O)N1C(C)(C)CCCC1(C)C. The van der Waals surface area contributed by atoms with Crippen molar-refractivity contribution in [3.63, 3.8) is 0 Å². The number of likely N-dealkylation sites (tertiary alicyclic amines) is 1. The van der Waals surface area contributed by atoms with E-state index in [0.717, 1.165) is 12.8 Å². The highest BCUT2D eigenvalue weighted by Crippen LogP contribution is 2.38. The number of methoxy groups -OCH3 is 1. The van der Waals surface area contributed by atoms with Gasteiger partial charge in [-0.2, -0.15) is 0 Å². The van der Waals surface area contributed by atoms with Crippen LogP contribution in [0.2, 0.25) is 0 Å². The summed E-state index contributed by atoms with van der Waals surface area (Å²) in [6.07, 6.45) is 3.34. The third kappa shape index (κ3) is 2.51. The van der Waals surface area contributed by atoms with Gasteiger partial charge in [-0.3, -0.25) is 4.79 Å². The van der Waals surface area contributed by atoms with E-state index >= 15 is 0 Å². The van der Waals surface area contributed by atoms with E-state index in [1.165, 1.54) is 6.42 Å². The normalized spacial score (nSPS) is 23.9. The van der Waals surface area contributed by atoms with Gasteiger partial charge in [0.2, 0.25) is 5.91 Å². The Hall–Kier alpha value is -0.570. The molecule has 1 saturated heterocycles. The van der Waals surface area contributed by atoms with Crippen LogP contribution in [0.3, 0.4) is 0 Å². The summed E-state index contributed by atoms with van der Waals surface area (Å²) in [7, 11) is 1.57. The van der Waals surface area contributed by atoms with Crippen molar-refractivity contribution in [1.82, 2.24) is 4.90 Å². The number of piperidine rings is 1. The van der Waals surface area contributed by atoms with Crippen molar-refractivity contribution in [2.75, 3.05) is 13.7 Å². The van der Waals surface area contributed by atoms with E-state index in [4.69, 9.17) is 4.74 Å². The molecule has 0 aromatic heterocycles. The van der Waals surface area contributed by atoms with Gasteiger partial charge in [0.15, 0.2) is 0 Å². The van der Waals surface area contributed by atoms with Crippen molar-refractivity contribution in [2.24, 2.45) is 0 Å². The van der Waals surface area contributed by atoms with E-state index in [-0.39, 0.29) is 23.6 Å². The topological polar surface area (TPSA) is 29.5 Å². The Kier molecular flexibility index (Phi) is 3.44. The first-order valence-electron chi connectivity index (χ1n) is 5.63. The number of amides is 1. The number of carbonyl (C=O) groups is 1. The Morgan fingerprint density at radius 1 is 1.20 bits per heavy atom. The fourth-order valence-electron chi connectivity index (χ4n) is 2.86. The van der Waals surface area contributed by atoms with Crippen molar-refractivity contribution in [1.29, 1.82) is 0 Å². The lowest BCUT2D eigenvalue weighted by molar-refractivity contribution is -0.152. The number of rotatable bonds is 2. The van der Waals surface area contributed by atoms with E-state index in [1.807, 2.05) is 4.90 Å². The third-order valence-corrected chi connectivity index (χ3v) is 3.31.